The number of hydrogen-bond donors (Lipinski definition) is 3. The number of likely N-dealkylation sites (tertiary alicyclic amines) is 1. The highest BCUT2D eigenvalue weighted by Gasteiger charge is 2.35. The van der Waals surface area contributed by atoms with Crippen LogP contribution in [0.5, 0.6) is 0 Å². The van der Waals surface area contributed by atoms with Gasteiger partial charge in [-0.3, -0.25) is 10.2 Å². The van der Waals surface area contributed by atoms with Crippen molar-refractivity contribution in [2.75, 3.05) is 51.8 Å². The van der Waals surface area contributed by atoms with Crippen molar-refractivity contribution in [3.8, 4) is 5.69 Å². The fourth-order valence-electron chi connectivity index (χ4n) is 5.39. The Labute approximate surface area is 246 Å². The fourth-order valence-corrected chi connectivity index (χ4v) is 5.85. The van der Waals surface area contributed by atoms with Crippen LogP contribution in [0.25, 0.3) is 5.69 Å². The quantitative estimate of drug-likeness (QED) is 0.307. The highest BCUT2D eigenvalue weighted by Crippen LogP contribution is 2.32. The minimum Gasteiger partial charge on any atom is -0.383 e. The molecule has 2 aliphatic heterocycles. The molecule has 0 spiro atoms. The van der Waals surface area contributed by atoms with Crippen LogP contribution in [0.3, 0.4) is 0 Å². The van der Waals surface area contributed by atoms with Crippen LogP contribution in [-0.2, 0) is 16.1 Å². The minimum atomic E-state index is -0.907. The van der Waals surface area contributed by atoms with Gasteiger partial charge in [0.15, 0.2) is 17.5 Å². The number of piperidine rings is 1. The molecule has 2 aromatic carbocycles. The number of nitrogens with zero attached hydrogens (tertiary/aromatic N) is 3. The number of carbonyl (C=O) groups excluding carboxylic acids is 1. The standard InChI is InChI=1S/C29H35BrF2N6O3/c1-40-14-13-37-16-22(19-7-8-23(31)24(32)15-19)25(17-37)34-29(39)35-28-27(30)26(18-41-21-9-11-33-12-10-21)36-38(28)20-5-3-2-4-6-20/h2-8,15,21-22,25,33H,9-14,16-18H2,1H3,(H2,34,35,39)/t22-,25+/m0/s1. The maximum Gasteiger partial charge on any atom is 0.320 e. The number of methoxy groups -OCH3 is 1. The summed E-state index contributed by atoms with van der Waals surface area (Å²) >= 11 is 3.65. The third kappa shape index (κ3) is 7.31. The lowest BCUT2D eigenvalue weighted by Gasteiger charge is -2.22. The van der Waals surface area contributed by atoms with Gasteiger partial charge in [-0.1, -0.05) is 24.3 Å². The van der Waals surface area contributed by atoms with E-state index in [2.05, 4.69) is 36.8 Å². The summed E-state index contributed by atoms with van der Waals surface area (Å²) in [5.74, 6) is -1.57. The normalized spacial score (nSPS) is 19.9. The molecule has 0 saturated carbocycles. The summed E-state index contributed by atoms with van der Waals surface area (Å²) in [5.41, 5.74) is 2.08. The topological polar surface area (TPSA) is 92.7 Å². The Hall–Kier alpha value is -2.90. The summed E-state index contributed by atoms with van der Waals surface area (Å²) in [6.45, 7) is 4.44. The number of rotatable bonds is 10. The van der Waals surface area contributed by atoms with Crippen molar-refractivity contribution in [1.29, 1.82) is 0 Å². The molecule has 5 rings (SSSR count). The molecular formula is C29H35BrF2N6O3. The number of carbonyl (C=O) groups is 1. The van der Waals surface area contributed by atoms with Crippen molar-refractivity contribution in [2.24, 2.45) is 0 Å². The van der Waals surface area contributed by atoms with Gasteiger partial charge in [0.1, 0.15) is 5.69 Å². The zero-order chi connectivity index (χ0) is 28.8. The highest BCUT2D eigenvalue weighted by atomic mass is 79.9. The number of urea groups is 1. The number of para-hydroxylation sites is 1. The molecule has 41 heavy (non-hydrogen) atoms. The first-order chi connectivity index (χ1) is 19.9. The van der Waals surface area contributed by atoms with Crippen LogP contribution < -0.4 is 16.0 Å². The summed E-state index contributed by atoms with van der Waals surface area (Å²) in [7, 11) is 1.63. The molecule has 2 aliphatic rings. The van der Waals surface area contributed by atoms with Crippen LogP contribution >= 0.6 is 15.9 Å². The van der Waals surface area contributed by atoms with Crippen LogP contribution in [0.15, 0.2) is 53.0 Å². The van der Waals surface area contributed by atoms with Gasteiger partial charge in [0.25, 0.3) is 0 Å². The number of benzene rings is 2. The van der Waals surface area contributed by atoms with Crippen LogP contribution in [0.2, 0.25) is 0 Å². The van der Waals surface area contributed by atoms with E-state index in [0.717, 1.165) is 37.7 Å². The van der Waals surface area contributed by atoms with Crippen LogP contribution in [-0.4, -0.2) is 79.3 Å². The molecule has 3 heterocycles. The number of amides is 2. The Morgan fingerprint density at radius 2 is 1.90 bits per heavy atom. The van der Waals surface area contributed by atoms with Gasteiger partial charge in [-0.15, -0.1) is 0 Å². The number of hydrogen-bond acceptors (Lipinski definition) is 6. The van der Waals surface area contributed by atoms with Crippen molar-refractivity contribution in [2.45, 2.75) is 37.5 Å². The molecule has 0 radical (unpaired) electrons. The number of anilines is 1. The van der Waals surface area contributed by atoms with Crippen molar-refractivity contribution in [3.63, 3.8) is 0 Å². The molecular weight excluding hydrogens is 598 g/mol. The zero-order valence-corrected chi connectivity index (χ0v) is 24.5. The molecule has 3 N–H and O–H groups in total. The van der Waals surface area contributed by atoms with Gasteiger partial charge in [-0.25, -0.2) is 18.3 Å². The van der Waals surface area contributed by atoms with E-state index in [1.165, 1.54) is 6.07 Å². The second-order valence-corrected chi connectivity index (χ2v) is 11.1. The smallest absolute Gasteiger partial charge is 0.320 e. The lowest BCUT2D eigenvalue weighted by Crippen LogP contribution is -2.42. The fraction of sp³-hybridized carbons (Fsp3) is 0.448. The zero-order valence-electron chi connectivity index (χ0n) is 22.9. The van der Waals surface area contributed by atoms with Crippen molar-refractivity contribution in [1.82, 2.24) is 25.3 Å². The minimum absolute atomic E-state index is 0.154. The summed E-state index contributed by atoms with van der Waals surface area (Å²) in [5, 5.41) is 14.1. The summed E-state index contributed by atoms with van der Waals surface area (Å²) in [4.78, 5) is 15.6. The number of halogens is 3. The van der Waals surface area contributed by atoms with Gasteiger partial charge in [0, 0.05) is 32.7 Å². The first kappa shape index (κ1) is 29.6. The predicted octanol–water partition coefficient (Wildman–Crippen LogP) is 4.42. The average molecular weight is 634 g/mol. The first-order valence-corrected chi connectivity index (χ1v) is 14.6. The van der Waals surface area contributed by atoms with Crippen LogP contribution in [0, 0.1) is 11.6 Å². The third-order valence-electron chi connectivity index (χ3n) is 7.56. The molecule has 220 valence electrons. The highest BCUT2D eigenvalue weighted by molar-refractivity contribution is 9.10. The Kier molecular flexibility index (Phi) is 9.99. The number of aromatic nitrogens is 2. The molecule has 2 fully saturated rings. The van der Waals surface area contributed by atoms with E-state index in [1.807, 2.05) is 30.3 Å². The van der Waals surface area contributed by atoms with E-state index in [4.69, 9.17) is 14.6 Å². The van der Waals surface area contributed by atoms with E-state index in [-0.39, 0.29) is 18.1 Å². The molecule has 2 amide bonds. The van der Waals surface area contributed by atoms with E-state index < -0.39 is 17.7 Å². The average Bonchev–Trinajstić information content (AvgIpc) is 3.53. The molecule has 9 nitrogen and oxygen atoms in total. The largest absolute Gasteiger partial charge is 0.383 e. The summed E-state index contributed by atoms with van der Waals surface area (Å²) in [6, 6.07) is 12.7. The second kappa shape index (κ2) is 13.8. The van der Waals surface area contributed by atoms with Gasteiger partial charge >= 0.3 is 6.03 Å². The van der Waals surface area contributed by atoms with Gasteiger partial charge < -0.3 is 20.1 Å². The van der Waals surface area contributed by atoms with Crippen molar-refractivity contribution >= 4 is 27.8 Å². The molecule has 12 heteroatoms. The van der Waals surface area contributed by atoms with E-state index in [9.17, 15) is 13.6 Å². The van der Waals surface area contributed by atoms with Gasteiger partial charge in [-0.05, 0) is 71.7 Å². The number of nitrogens with one attached hydrogen (secondary N) is 3. The Bertz CT molecular complexity index is 1320. The second-order valence-electron chi connectivity index (χ2n) is 10.4. The molecule has 2 saturated heterocycles. The molecule has 3 aromatic rings. The van der Waals surface area contributed by atoms with Gasteiger partial charge in [0.2, 0.25) is 0 Å². The Balaban J connectivity index is 1.34. The molecule has 1 aromatic heterocycles. The van der Waals surface area contributed by atoms with E-state index in [1.54, 1.807) is 17.9 Å². The van der Waals surface area contributed by atoms with Crippen molar-refractivity contribution < 1.29 is 23.0 Å². The molecule has 0 bridgehead atoms. The van der Waals surface area contributed by atoms with Crippen LogP contribution in [0.4, 0.5) is 19.4 Å². The van der Waals surface area contributed by atoms with Crippen molar-refractivity contribution in [3.05, 3.63) is 75.9 Å². The molecule has 0 aliphatic carbocycles. The SMILES string of the molecule is COCCN1C[C@@H](NC(=O)Nc2c(Br)c(COC3CCNCC3)nn2-c2ccccc2)[C@H](c2ccc(F)c(F)c2)C1. The van der Waals surface area contributed by atoms with Gasteiger partial charge in [0.05, 0.1) is 35.5 Å². The van der Waals surface area contributed by atoms with Crippen LogP contribution in [0.1, 0.15) is 30.0 Å². The third-order valence-corrected chi connectivity index (χ3v) is 8.40. The van der Waals surface area contributed by atoms with E-state index in [0.29, 0.717) is 54.4 Å². The maximum atomic E-state index is 14.1. The lowest BCUT2D eigenvalue weighted by atomic mass is 9.94. The molecule has 2 atom stereocenters. The first-order valence-electron chi connectivity index (χ1n) is 13.8. The predicted molar refractivity (Wildman–Crippen MR) is 155 cm³/mol. The monoisotopic (exact) mass is 632 g/mol. The Morgan fingerprint density at radius 3 is 2.63 bits per heavy atom. The molecule has 0 unspecified atom stereocenters. The maximum absolute atomic E-state index is 14.1. The van der Waals surface area contributed by atoms with E-state index >= 15 is 0 Å². The number of ether oxygens (including phenoxy) is 2. The summed E-state index contributed by atoms with van der Waals surface area (Å²) < 4.78 is 41.4. The summed E-state index contributed by atoms with van der Waals surface area (Å²) in [6.07, 6.45) is 2.03. The van der Waals surface area contributed by atoms with Gasteiger partial charge in [-0.2, -0.15) is 5.10 Å². The lowest BCUT2D eigenvalue weighted by molar-refractivity contribution is 0.0192. The Morgan fingerprint density at radius 1 is 1.12 bits per heavy atom.